The predicted molar refractivity (Wildman–Crippen MR) is 72.8 cm³/mol. The van der Waals surface area contributed by atoms with Crippen molar-refractivity contribution in [1.82, 2.24) is 10.2 Å². The Kier molecular flexibility index (Phi) is 5.50. The highest BCUT2D eigenvalue weighted by Gasteiger charge is 2.28. The van der Waals surface area contributed by atoms with Crippen molar-refractivity contribution in [2.24, 2.45) is 11.7 Å². The zero-order valence-electron chi connectivity index (χ0n) is 12.0. The van der Waals surface area contributed by atoms with Crippen molar-refractivity contribution >= 4 is 17.8 Å². The molecule has 0 aromatic heterocycles. The second-order valence-corrected chi connectivity index (χ2v) is 5.87. The van der Waals surface area contributed by atoms with Crippen LogP contribution in [-0.4, -0.2) is 53.0 Å². The smallest absolute Gasteiger partial charge is 0.306 e. The number of nitrogens with one attached hydrogen (secondary N) is 1. The highest BCUT2D eigenvalue weighted by atomic mass is 16.4. The zero-order valence-corrected chi connectivity index (χ0v) is 12.0. The molecule has 0 atom stereocenters. The number of rotatable bonds is 6. The van der Waals surface area contributed by atoms with Gasteiger partial charge in [0.15, 0.2) is 0 Å². The topological polar surface area (TPSA) is 113 Å². The summed E-state index contributed by atoms with van der Waals surface area (Å²) in [5.74, 6) is -1.64. The number of hydrogen-bond donors (Lipinski definition) is 3. The van der Waals surface area contributed by atoms with Crippen molar-refractivity contribution in [3.05, 3.63) is 0 Å². The van der Waals surface area contributed by atoms with E-state index in [2.05, 4.69) is 5.32 Å². The Labute approximate surface area is 118 Å². The van der Waals surface area contributed by atoms with Crippen LogP contribution in [-0.2, 0) is 14.4 Å². The van der Waals surface area contributed by atoms with Crippen LogP contribution in [0.2, 0.25) is 0 Å². The van der Waals surface area contributed by atoms with Crippen LogP contribution >= 0.6 is 0 Å². The largest absolute Gasteiger partial charge is 0.481 e. The first-order valence-electron chi connectivity index (χ1n) is 6.75. The summed E-state index contributed by atoms with van der Waals surface area (Å²) in [6.45, 7) is 4.67. The van der Waals surface area contributed by atoms with Gasteiger partial charge in [0.25, 0.3) is 0 Å². The van der Waals surface area contributed by atoms with E-state index in [-0.39, 0.29) is 24.8 Å². The Hall–Kier alpha value is -1.63. The van der Waals surface area contributed by atoms with E-state index in [1.165, 1.54) is 0 Å². The molecule has 0 aliphatic carbocycles. The normalized spacial score (nSPS) is 17.0. The number of nitrogens with two attached hydrogens (primary N) is 1. The Balaban J connectivity index is 2.37. The van der Waals surface area contributed by atoms with Crippen LogP contribution in [0.4, 0.5) is 0 Å². The number of primary amides is 1. The number of nitrogens with zero attached hydrogens (tertiary/aromatic N) is 1. The third-order valence-corrected chi connectivity index (χ3v) is 3.53. The summed E-state index contributed by atoms with van der Waals surface area (Å²) in [5, 5.41) is 11.9. The summed E-state index contributed by atoms with van der Waals surface area (Å²) in [5.41, 5.74) is 4.61. The van der Waals surface area contributed by atoms with Crippen LogP contribution in [0.1, 0.15) is 33.1 Å². The number of carboxylic acid groups (broad SMARTS) is 1. The average Bonchev–Trinajstić information content (AvgIpc) is 2.34. The molecule has 1 rings (SSSR count). The highest BCUT2D eigenvalue weighted by molar-refractivity contribution is 5.79. The minimum absolute atomic E-state index is 0.0774. The number of carbonyl (C=O) groups excluding carboxylic acids is 2. The summed E-state index contributed by atoms with van der Waals surface area (Å²) in [7, 11) is 0. The van der Waals surface area contributed by atoms with Crippen molar-refractivity contribution < 1.29 is 19.5 Å². The Morgan fingerprint density at radius 1 is 1.30 bits per heavy atom. The molecule has 0 unspecified atom stereocenters. The molecule has 20 heavy (non-hydrogen) atoms. The summed E-state index contributed by atoms with van der Waals surface area (Å²) in [6.07, 6.45) is 1.14. The minimum atomic E-state index is -0.794. The summed E-state index contributed by atoms with van der Waals surface area (Å²) in [6, 6.07) is 0. The Morgan fingerprint density at radius 3 is 2.30 bits per heavy atom. The minimum Gasteiger partial charge on any atom is -0.481 e. The molecular formula is C13H23N3O4. The summed E-state index contributed by atoms with van der Waals surface area (Å²) in [4.78, 5) is 35.4. The number of piperidine rings is 1. The van der Waals surface area contributed by atoms with E-state index in [0.717, 1.165) is 0 Å². The van der Waals surface area contributed by atoms with Crippen LogP contribution in [0.25, 0.3) is 0 Å². The fourth-order valence-corrected chi connectivity index (χ4v) is 2.30. The monoisotopic (exact) mass is 285 g/mol. The summed E-state index contributed by atoms with van der Waals surface area (Å²) < 4.78 is 0. The molecule has 7 nitrogen and oxygen atoms in total. The summed E-state index contributed by atoms with van der Waals surface area (Å²) >= 11 is 0. The molecular weight excluding hydrogens is 262 g/mol. The zero-order chi connectivity index (χ0) is 15.3. The standard InChI is InChI=1S/C13H23N3O4/c1-13(2,7-10(14)17)15-8-11(18)16-5-3-9(4-6-16)12(19)20/h9,15H,3-8H2,1-2H3,(H2,14,17)(H,19,20). The second kappa shape index (κ2) is 6.69. The number of likely N-dealkylation sites (tertiary alicyclic amines) is 1. The van der Waals surface area contributed by atoms with E-state index in [1.807, 2.05) is 13.8 Å². The van der Waals surface area contributed by atoms with Gasteiger partial charge in [-0.3, -0.25) is 14.4 Å². The average molecular weight is 285 g/mol. The van der Waals surface area contributed by atoms with Crippen LogP contribution in [0, 0.1) is 5.92 Å². The van der Waals surface area contributed by atoms with E-state index in [1.54, 1.807) is 4.90 Å². The predicted octanol–water partition coefficient (Wildman–Crippen LogP) is -0.447. The van der Waals surface area contributed by atoms with Crippen molar-refractivity contribution in [2.75, 3.05) is 19.6 Å². The van der Waals surface area contributed by atoms with Gasteiger partial charge in [-0.15, -0.1) is 0 Å². The lowest BCUT2D eigenvalue weighted by molar-refractivity contribution is -0.145. The van der Waals surface area contributed by atoms with E-state index >= 15 is 0 Å². The van der Waals surface area contributed by atoms with Crippen LogP contribution in [0.3, 0.4) is 0 Å². The number of carbonyl (C=O) groups is 3. The van der Waals surface area contributed by atoms with Crippen LogP contribution < -0.4 is 11.1 Å². The first-order chi connectivity index (χ1) is 9.21. The third kappa shape index (κ3) is 5.16. The molecule has 0 bridgehead atoms. The number of aliphatic carboxylic acids is 1. The lowest BCUT2D eigenvalue weighted by Crippen LogP contribution is -2.50. The van der Waals surface area contributed by atoms with E-state index in [0.29, 0.717) is 25.9 Å². The number of hydrogen-bond acceptors (Lipinski definition) is 4. The molecule has 1 heterocycles. The fourth-order valence-electron chi connectivity index (χ4n) is 2.30. The maximum absolute atomic E-state index is 12.0. The molecule has 0 radical (unpaired) electrons. The van der Waals surface area contributed by atoms with Gasteiger partial charge in [0.2, 0.25) is 11.8 Å². The van der Waals surface area contributed by atoms with Gasteiger partial charge in [0.1, 0.15) is 0 Å². The van der Waals surface area contributed by atoms with Gasteiger partial charge in [-0.05, 0) is 26.7 Å². The number of amides is 2. The van der Waals surface area contributed by atoms with Gasteiger partial charge in [-0.25, -0.2) is 0 Å². The van der Waals surface area contributed by atoms with Gasteiger partial charge >= 0.3 is 5.97 Å². The van der Waals surface area contributed by atoms with Crippen LogP contribution in [0.5, 0.6) is 0 Å². The van der Waals surface area contributed by atoms with Gasteiger partial charge in [0, 0.05) is 25.0 Å². The van der Waals surface area contributed by atoms with Gasteiger partial charge in [0.05, 0.1) is 12.5 Å². The Morgan fingerprint density at radius 2 is 1.85 bits per heavy atom. The van der Waals surface area contributed by atoms with E-state index < -0.39 is 17.4 Å². The molecule has 7 heteroatoms. The maximum Gasteiger partial charge on any atom is 0.306 e. The van der Waals surface area contributed by atoms with Crippen molar-refractivity contribution in [1.29, 1.82) is 0 Å². The second-order valence-electron chi connectivity index (χ2n) is 5.87. The molecule has 114 valence electrons. The van der Waals surface area contributed by atoms with Crippen molar-refractivity contribution in [3.8, 4) is 0 Å². The molecule has 0 spiro atoms. The first kappa shape index (κ1) is 16.4. The molecule has 4 N–H and O–H groups in total. The third-order valence-electron chi connectivity index (χ3n) is 3.53. The Bertz CT molecular complexity index is 387. The lowest BCUT2D eigenvalue weighted by Gasteiger charge is -2.32. The highest BCUT2D eigenvalue weighted by Crippen LogP contribution is 2.17. The van der Waals surface area contributed by atoms with Gasteiger partial charge in [-0.1, -0.05) is 0 Å². The molecule has 1 fully saturated rings. The van der Waals surface area contributed by atoms with E-state index in [4.69, 9.17) is 10.8 Å². The molecule has 0 aromatic rings. The SMILES string of the molecule is CC(C)(CC(N)=O)NCC(=O)N1CCC(C(=O)O)CC1. The number of carboxylic acids is 1. The van der Waals surface area contributed by atoms with Gasteiger partial charge < -0.3 is 21.1 Å². The van der Waals surface area contributed by atoms with Crippen LogP contribution in [0.15, 0.2) is 0 Å². The molecule has 1 aliphatic heterocycles. The quantitative estimate of drug-likeness (QED) is 0.612. The van der Waals surface area contributed by atoms with Crippen molar-refractivity contribution in [2.45, 2.75) is 38.6 Å². The molecule has 2 amide bonds. The fraction of sp³-hybridized carbons (Fsp3) is 0.769. The maximum atomic E-state index is 12.0. The van der Waals surface area contributed by atoms with Crippen molar-refractivity contribution in [3.63, 3.8) is 0 Å². The molecule has 1 saturated heterocycles. The molecule has 1 aliphatic rings. The lowest BCUT2D eigenvalue weighted by atomic mass is 9.97. The molecule has 0 aromatic carbocycles. The van der Waals surface area contributed by atoms with Gasteiger partial charge in [-0.2, -0.15) is 0 Å². The van der Waals surface area contributed by atoms with E-state index in [9.17, 15) is 14.4 Å². The molecule has 0 saturated carbocycles. The first-order valence-corrected chi connectivity index (χ1v) is 6.75.